The third-order valence-electron chi connectivity index (χ3n) is 6.39. The number of anilines is 2. The Bertz CT molecular complexity index is 804. The third-order valence-corrected chi connectivity index (χ3v) is 6.39. The van der Waals surface area contributed by atoms with Gasteiger partial charge < -0.3 is 20.0 Å². The second-order valence-corrected chi connectivity index (χ2v) is 10.3. The number of benzene rings is 2. The molecule has 1 heterocycles. The molecule has 2 aromatic rings. The standard InChI is InChI=1S/C15H24N2.C14H24N2.C2H6/c1-15(2,3)13-6-5-7-14(12-13)17-10-8-16(4)9-11-17;1-4-11-16(3)12-10-15-14-9-7-6-8-13(14)5-2;1-2/h5-7,12H,8-11H2,1-4H3;6-9,15H,4-5,10-12H2,1-3H3;1-2H3. The van der Waals surface area contributed by atoms with Gasteiger partial charge >= 0.3 is 0 Å². The summed E-state index contributed by atoms with van der Waals surface area (Å²) in [6.45, 7) is 23.2. The Balaban J connectivity index is 0.000000328. The summed E-state index contributed by atoms with van der Waals surface area (Å²) in [5.41, 5.74) is 5.73. The number of nitrogens with zero attached hydrogens (tertiary/aromatic N) is 3. The van der Waals surface area contributed by atoms with Crippen molar-refractivity contribution < 1.29 is 0 Å². The van der Waals surface area contributed by atoms with E-state index in [9.17, 15) is 0 Å². The topological polar surface area (TPSA) is 21.8 Å². The van der Waals surface area contributed by atoms with Crippen LogP contribution >= 0.6 is 0 Å². The highest BCUT2D eigenvalue weighted by atomic mass is 15.2. The second-order valence-electron chi connectivity index (χ2n) is 10.3. The Kier molecular flexibility index (Phi) is 14.7. The quantitative estimate of drug-likeness (QED) is 0.448. The summed E-state index contributed by atoms with van der Waals surface area (Å²) in [4.78, 5) is 7.25. The molecule has 0 atom stereocenters. The number of hydrogen-bond donors (Lipinski definition) is 1. The van der Waals surface area contributed by atoms with Crippen LogP contribution in [-0.4, -0.2) is 69.7 Å². The SMILES string of the molecule is CC.CCCN(C)CCNc1ccccc1CC.CN1CCN(c2cccc(C(C)(C)C)c2)CC1. The molecule has 0 aliphatic carbocycles. The fourth-order valence-electron chi connectivity index (χ4n) is 4.11. The van der Waals surface area contributed by atoms with E-state index in [4.69, 9.17) is 0 Å². The van der Waals surface area contributed by atoms with Crippen molar-refractivity contribution in [1.29, 1.82) is 0 Å². The van der Waals surface area contributed by atoms with Gasteiger partial charge in [0.25, 0.3) is 0 Å². The van der Waals surface area contributed by atoms with Crippen LogP contribution in [0.5, 0.6) is 0 Å². The first-order chi connectivity index (χ1) is 16.7. The van der Waals surface area contributed by atoms with E-state index in [2.05, 4.69) is 117 Å². The van der Waals surface area contributed by atoms with Gasteiger partial charge in [-0.15, -0.1) is 0 Å². The number of hydrogen-bond acceptors (Lipinski definition) is 4. The molecule has 1 N–H and O–H groups in total. The van der Waals surface area contributed by atoms with Crippen molar-refractivity contribution in [3.05, 3.63) is 59.7 Å². The van der Waals surface area contributed by atoms with Gasteiger partial charge in [-0.25, -0.2) is 0 Å². The smallest absolute Gasteiger partial charge is 0.0373 e. The second kappa shape index (κ2) is 16.6. The van der Waals surface area contributed by atoms with E-state index >= 15 is 0 Å². The Labute approximate surface area is 217 Å². The minimum atomic E-state index is 0.239. The van der Waals surface area contributed by atoms with E-state index < -0.39 is 0 Å². The molecule has 0 unspecified atom stereocenters. The van der Waals surface area contributed by atoms with Crippen LogP contribution in [0.1, 0.15) is 66.0 Å². The van der Waals surface area contributed by atoms with Crippen LogP contribution in [-0.2, 0) is 11.8 Å². The molecule has 35 heavy (non-hydrogen) atoms. The zero-order valence-corrected chi connectivity index (χ0v) is 24.3. The number of likely N-dealkylation sites (N-methyl/N-ethyl adjacent to an activating group) is 2. The van der Waals surface area contributed by atoms with Crippen LogP contribution in [0.25, 0.3) is 0 Å². The number of rotatable bonds is 8. The number of aryl methyl sites for hydroxylation is 1. The first-order valence-corrected chi connectivity index (χ1v) is 13.8. The highest BCUT2D eigenvalue weighted by molar-refractivity contribution is 5.51. The molecule has 1 fully saturated rings. The lowest BCUT2D eigenvalue weighted by molar-refractivity contribution is 0.313. The summed E-state index contributed by atoms with van der Waals surface area (Å²) in [7, 11) is 4.37. The Morgan fingerprint density at radius 2 is 1.54 bits per heavy atom. The average Bonchev–Trinajstić information content (AvgIpc) is 2.86. The van der Waals surface area contributed by atoms with Gasteiger partial charge in [-0.3, -0.25) is 0 Å². The predicted octanol–water partition coefficient (Wildman–Crippen LogP) is 6.76. The molecule has 1 aliphatic heterocycles. The minimum Gasteiger partial charge on any atom is -0.384 e. The molecule has 0 saturated carbocycles. The van der Waals surface area contributed by atoms with Crippen LogP contribution in [0, 0.1) is 0 Å². The molecule has 0 spiro atoms. The molecular formula is C31H54N4. The fraction of sp³-hybridized carbons (Fsp3) is 0.613. The zero-order chi connectivity index (χ0) is 26.3. The largest absolute Gasteiger partial charge is 0.384 e. The van der Waals surface area contributed by atoms with Crippen LogP contribution in [0.15, 0.2) is 48.5 Å². The van der Waals surface area contributed by atoms with E-state index in [1.807, 2.05) is 13.8 Å². The fourth-order valence-corrected chi connectivity index (χ4v) is 4.11. The molecule has 0 amide bonds. The zero-order valence-electron chi connectivity index (χ0n) is 24.3. The average molecular weight is 483 g/mol. The van der Waals surface area contributed by atoms with Crippen molar-refractivity contribution in [1.82, 2.24) is 9.80 Å². The lowest BCUT2D eigenvalue weighted by atomic mass is 9.87. The molecule has 4 heteroatoms. The van der Waals surface area contributed by atoms with Crippen LogP contribution in [0.3, 0.4) is 0 Å². The molecule has 0 aromatic heterocycles. The van der Waals surface area contributed by atoms with E-state index in [-0.39, 0.29) is 5.41 Å². The summed E-state index contributed by atoms with van der Waals surface area (Å²) in [5.74, 6) is 0. The number of piperazine rings is 1. The molecule has 0 radical (unpaired) electrons. The van der Waals surface area contributed by atoms with Gasteiger partial charge in [0.05, 0.1) is 0 Å². The van der Waals surface area contributed by atoms with Gasteiger partial charge in [0.2, 0.25) is 0 Å². The molecule has 1 aliphatic rings. The molecular weight excluding hydrogens is 428 g/mol. The summed E-state index contributed by atoms with van der Waals surface area (Å²) in [5, 5.41) is 3.51. The summed E-state index contributed by atoms with van der Waals surface area (Å²) in [6, 6.07) is 17.6. The van der Waals surface area contributed by atoms with Crippen LogP contribution in [0.4, 0.5) is 11.4 Å². The maximum Gasteiger partial charge on any atom is 0.0373 e. The maximum atomic E-state index is 3.51. The molecule has 2 aromatic carbocycles. The van der Waals surface area contributed by atoms with Gasteiger partial charge in [-0.1, -0.05) is 78.8 Å². The van der Waals surface area contributed by atoms with Crippen molar-refractivity contribution in [3.63, 3.8) is 0 Å². The Hall–Kier alpha value is -2.04. The van der Waals surface area contributed by atoms with E-state index in [1.165, 1.54) is 48.6 Å². The molecule has 198 valence electrons. The lowest BCUT2D eigenvalue weighted by Crippen LogP contribution is -2.44. The Morgan fingerprint density at radius 3 is 2.14 bits per heavy atom. The third kappa shape index (κ3) is 11.5. The van der Waals surface area contributed by atoms with Crippen molar-refractivity contribution >= 4 is 11.4 Å². The monoisotopic (exact) mass is 482 g/mol. The van der Waals surface area contributed by atoms with Crippen molar-refractivity contribution in [2.24, 2.45) is 0 Å². The summed E-state index contributed by atoms with van der Waals surface area (Å²) in [6.07, 6.45) is 2.32. The highest BCUT2D eigenvalue weighted by Crippen LogP contribution is 2.26. The van der Waals surface area contributed by atoms with Gasteiger partial charge in [-0.2, -0.15) is 0 Å². The summed E-state index contributed by atoms with van der Waals surface area (Å²) >= 11 is 0. The van der Waals surface area contributed by atoms with Crippen LogP contribution in [0.2, 0.25) is 0 Å². The first-order valence-electron chi connectivity index (χ1n) is 13.8. The number of nitrogens with one attached hydrogen (secondary N) is 1. The van der Waals surface area contributed by atoms with E-state index in [0.717, 1.165) is 32.6 Å². The molecule has 1 saturated heterocycles. The number of para-hydroxylation sites is 1. The van der Waals surface area contributed by atoms with E-state index in [1.54, 1.807) is 0 Å². The highest BCUT2D eigenvalue weighted by Gasteiger charge is 2.17. The summed E-state index contributed by atoms with van der Waals surface area (Å²) < 4.78 is 0. The maximum absolute atomic E-state index is 3.51. The van der Waals surface area contributed by atoms with Gasteiger partial charge in [-0.05, 0) is 68.2 Å². The van der Waals surface area contributed by atoms with Crippen molar-refractivity contribution in [2.45, 2.75) is 66.7 Å². The Morgan fingerprint density at radius 1 is 0.886 bits per heavy atom. The lowest BCUT2D eigenvalue weighted by Gasteiger charge is -2.34. The first kappa shape index (κ1) is 31.0. The predicted molar refractivity (Wildman–Crippen MR) is 158 cm³/mol. The van der Waals surface area contributed by atoms with Crippen molar-refractivity contribution in [2.75, 3.05) is 70.1 Å². The van der Waals surface area contributed by atoms with Crippen LogP contribution < -0.4 is 10.2 Å². The normalized spacial score (nSPS) is 14.1. The molecule has 3 rings (SSSR count). The molecule has 4 nitrogen and oxygen atoms in total. The van der Waals surface area contributed by atoms with Crippen molar-refractivity contribution in [3.8, 4) is 0 Å². The minimum absolute atomic E-state index is 0.239. The van der Waals surface area contributed by atoms with Gasteiger partial charge in [0, 0.05) is 50.6 Å². The van der Waals surface area contributed by atoms with Gasteiger partial charge in [0.15, 0.2) is 0 Å². The van der Waals surface area contributed by atoms with E-state index in [0.29, 0.717) is 0 Å². The van der Waals surface area contributed by atoms with Gasteiger partial charge in [0.1, 0.15) is 0 Å². The molecule has 0 bridgehead atoms.